The maximum atomic E-state index is 11.1. The third-order valence-electron chi connectivity index (χ3n) is 2.66. The van der Waals surface area contributed by atoms with Crippen molar-refractivity contribution in [1.82, 2.24) is 0 Å². The van der Waals surface area contributed by atoms with Crippen LogP contribution in [0.1, 0.15) is 0 Å². The minimum Gasteiger partial charge on any atom is -0.863 e. The number of rotatable bonds is 4. The van der Waals surface area contributed by atoms with Gasteiger partial charge in [0.15, 0.2) is 18.1 Å². The normalized spacial score (nSPS) is 9.64. The van der Waals surface area contributed by atoms with Crippen molar-refractivity contribution in [3.05, 3.63) is 72.2 Å². The number of hydrogen-bond acceptors (Lipinski definition) is 9. The van der Waals surface area contributed by atoms with E-state index in [2.05, 4.69) is 0 Å². The van der Waals surface area contributed by atoms with Gasteiger partial charge in [0.25, 0.3) is 17.1 Å². The molecular weight excluding hydrogens is 344 g/mol. The van der Waals surface area contributed by atoms with Gasteiger partial charge >= 0.3 is 0 Å². The molecular formula is C11H10N6O8. The van der Waals surface area contributed by atoms with Crippen molar-refractivity contribution < 1.29 is 30.0 Å². The number of nitrogens with zero attached hydrogens (tertiary/aromatic N) is 4. The van der Waals surface area contributed by atoms with Gasteiger partial charge in [-0.25, -0.2) is 5.43 Å². The van der Waals surface area contributed by atoms with Crippen LogP contribution >= 0.6 is 0 Å². The molecule has 0 aliphatic heterocycles. The second kappa shape index (κ2) is 8.09. The largest absolute Gasteiger partial charge is 0.863 e. The number of non-ortho nitro benzene ring substituents is 1. The minimum absolute atomic E-state index is 0.384. The number of benzene rings is 1. The van der Waals surface area contributed by atoms with Gasteiger partial charge in [0, 0.05) is 0 Å². The summed E-state index contributed by atoms with van der Waals surface area (Å²) in [6, 6.07) is 4.06. The van der Waals surface area contributed by atoms with Crippen LogP contribution in [-0.4, -0.2) is 14.8 Å². The molecule has 0 saturated carbocycles. The summed E-state index contributed by atoms with van der Waals surface area (Å²) in [5.41, 5.74) is -0.970. The Hall–Kier alpha value is -3.91. The van der Waals surface area contributed by atoms with Gasteiger partial charge in [-0.15, -0.1) is 0 Å². The highest BCUT2D eigenvalue weighted by Gasteiger charge is 2.24. The maximum Gasteiger partial charge on any atom is 0.283 e. The van der Waals surface area contributed by atoms with Gasteiger partial charge in [-0.05, 0) is 0 Å². The van der Waals surface area contributed by atoms with Gasteiger partial charge in [-0.3, -0.25) is 30.3 Å². The summed E-state index contributed by atoms with van der Waals surface area (Å²) in [5.74, 6) is 3.71. The molecule has 2 rings (SSSR count). The molecule has 0 aliphatic rings. The fourth-order valence-corrected chi connectivity index (χ4v) is 1.50. The summed E-state index contributed by atoms with van der Waals surface area (Å²) in [5, 5.41) is 52.5. The van der Waals surface area contributed by atoms with Crippen molar-refractivity contribution in [2.75, 3.05) is 0 Å². The molecule has 0 bridgehead atoms. The summed E-state index contributed by atoms with van der Waals surface area (Å²) in [6.45, 7) is 0. The van der Waals surface area contributed by atoms with E-state index in [1.807, 2.05) is 0 Å². The summed E-state index contributed by atoms with van der Waals surface area (Å²) in [4.78, 5) is 27.5. The molecule has 0 amide bonds. The predicted molar refractivity (Wildman–Crippen MR) is 77.0 cm³/mol. The molecule has 0 radical (unpaired) electrons. The maximum absolute atomic E-state index is 11.1. The van der Waals surface area contributed by atoms with Crippen LogP contribution in [-0.2, 0) is 0 Å². The number of nitrogens with two attached hydrogens (primary N) is 2. The fourth-order valence-electron chi connectivity index (χ4n) is 1.50. The van der Waals surface area contributed by atoms with Gasteiger partial charge in [-0.1, -0.05) is 0 Å². The zero-order valence-electron chi connectivity index (χ0n) is 12.2. The van der Waals surface area contributed by atoms with Crippen LogP contribution in [0.4, 0.5) is 22.7 Å². The van der Waals surface area contributed by atoms with Gasteiger partial charge in [-0.2, -0.15) is 10.6 Å². The molecule has 4 N–H and O–H groups in total. The van der Waals surface area contributed by atoms with Crippen molar-refractivity contribution in [2.45, 2.75) is 0 Å². The topological polar surface area (TPSA) is 222 Å². The van der Waals surface area contributed by atoms with Gasteiger partial charge in [0.05, 0.1) is 44.8 Å². The van der Waals surface area contributed by atoms with Crippen LogP contribution in [0.15, 0.2) is 36.7 Å². The average molecular weight is 354 g/mol. The lowest BCUT2D eigenvalue weighted by Gasteiger charge is -2.06. The Balaban J connectivity index is 0.000000293. The highest BCUT2D eigenvalue weighted by molar-refractivity contribution is 5.63. The molecule has 1 aromatic carbocycles. The Morgan fingerprint density at radius 3 is 1.68 bits per heavy atom. The highest BCUT2D eigenvalue weighted by Crippen LogP contribution is 2.36. The van der Waals surface area contributed by atoms with Crippen molar-refractivity contribution in [3.63, 3.8) is 0 Å². The quantitative estimate of drug-likeness (QED) is 0.222. The molecule has 1 heterocycles. The fraction of sp³-hybridized carbons (Fsp3) is 0. The molecule has 2 aromatic rings. The first-order valence-corrected chi connectivity index (χ1v) is 6.19. The Kier molecular flexibility index (Phi) is 6.19. The van der Waals surface area contributed by atoms with E-state index >= 15 is 0 Å². The van der Waals surface area contributed by atoms with Crippen LogP contribution in [0.25, 0.3) is 0 Å². The van der Waals surface area contributed by atoms with E-state index in [0.29, 0.717) is 16.9 Å². The van der Waals surface area contributed by atoms with Crippen LogP contribution in [0.5, 0.6) is 5.75 Å². The first kappa shape index (κ1) is 19.1. The summed E-state index contributed by atoms with van der Waals surface area (Å²) >= 11 is 0. The van der Waals surface area contributed by atoms with E-state index in [1.54, 1.807) is 12.1 Å². The van der Waals surface area contributed by atoms with Crippen molar-refractivity contribution in [2.24, 2.45) is 5.84 Å². The number of nitro benzene ring substituents is 3. The number of quaternary nitrogens is 1. The summed E-state index contributed by atoms with van der Waals surface area (Å²) in [6.07, 6.45) is 2.80. The lowest BCUT2D eigenvalue weighted by Crippen LogP contribution is -2.85. The second-order valence-corrected chi connectivity index (χ2v) is 4.24. The number of hydrogen-bond donors (Lipinski definition) is 2. The molecule has 0 atom stereocenters. The zero-order chi connectivity index (χ0) is 19.1. The molecule has 0 aliphatic carbocycles. The highest BCUT2D eigenvalue weighted by atomic mass is 16.6. The van der Waals surface area contributed by atoms with Crippen LogP contribution in [0, 0.1) is 35.6 Å². The zero-order valence-corrected chi connectivity index (χ0v) is 12.2. The van der Waals surface area contributed by atoms with E-state index in [9.17, 15) is 40.7 Å². The van der Waals surface area contributed by atoms with E-state index in [0.717, 1.165) is 5.69 Å². The number of aromatic nitrogens is 1. The van der Waals surface area contributed by atoms with Gasteiger partial charge in [0.2, 0.25) is 0 Å². The van der Waals surface area contributed by atoms with Crippen LogP contribution in [0.3, 0.4) is 0 Å². The molecule has 132 valence electrons. The molecule has 14 heteroatoms. The lowest BCUT2D eigenvalue weighted by molar-refractivity contribution is -0.612. The molecule has 1 aromatic heterocycles. The number of nitro groups is 3. The average Bonchev–Trinajstić information content (AvgIpc) is 2.55. The molecule has 0 fully saturated rings. The Morgan fingerprint density at radius 2 is 1.36 bits per heavy atom. The Morgan fingerprint density at radius 1 is 0.920 bits per heavy atom. The smallest absolute Gasteiger partial charge is 0.283 e. The molecule has 14 nitrogen and oxygen atoms in total. The third kappa shape index (κ3) is 5.05. The van der Waals surface area contributed by atoms with Crippen molar-refractivity contribution in [1.29, 1.82) is 0 Å². The van der Waals surface area contributed by atoms with Crippen LogP contribution < -0.4 is 21.1 Å². The predicted octanol–water partition coefficient (Wildman–Crippen LogP) is -1.13. The van der Waals surface area contributed by atoms with Gasteiger partial charge < -0.3 is 10.3 Å². The first-order valence-electron chi connectivity index (χ1n) is 6.19. The van der Waals surface area contributed by atoms with E-state index in [4.69, 9.17) is 5.84 Å². The third-order valence-corrected chi connectivity index (χ3v) is 2.66. The van der Waals surface area contributed by atoms with Crippen LogP contribution in [0.2, 0.25) is 0 Å². The van der Waals surface area contributed by atoms with Crippen molar-refractivity contribution >= 4 is 22.7 Å². The van der Waals surface area contributed by atoms with E-state index in [-0.39, 0.29) is 0 Å². The summed E-state index contributed by atoms with van der Waals surface area (Å²) in [7, 11) is 0. The SMILES string of the molecule is N[NH2+]c1cc[n+]([O-])cc1.O=[N+]([O-])c1cc([N+](=O)[O-])c([O-])c([N+](=O)[O-])c1. The Labute approximate surface area is 137 Å². The summed E-state index contributed by atoms with van der Waals surface area (Å²) < 4.78 is 0.715. The second-order valence-electron chi connectivity index (χ2n) is 4.24. The van der Waals surface area contributed by atoms with E-state index < -0.39 is 37.6 Å². The molecule has 0 saturated heterocycles. The standard InChI is InChI=1S/C6H3N3O7.C5H7N3O/c10-6-4(8(13)14)1-3(7(11)12)2-5(6)9(15)16;6-7-5-1-3-8(9)4-2-5/h1-2,10H;1-4,7H,6H2. The molecule has 0 unspecified atom stereocenters. The molecule has 0 spiro atoms. The van der Waals surface area contributed by atoms with Crippen molar-refractivity contribution in [3.8, 4) is 5.75 Å². The lowest BCUT2D eigenvalue weighted by atomic mass is 10.2. The molecule has 25 heavy (non-hydrogen) atoms. The minimum atomic E-state index is -1.46. The van der Waals surface area contributed by atoms with Gasteiger partial charge in [0.1, 0.15) is 0 Å². The first-order chi connectivity index (χ1) is 11.7. The number of pyridine rings is 1. The van der Waals surface area contributed by atoms with E-state index in [1.165, 1.54) is 17.8 Å². The monoisotopic (exact) mass is 354 g/mol. The Bertz CT molecular complexity index is 774.